The van der Waals surface area contributed by atoms with Crippen LogP contribution in [-0.4, -0.2) is 12.5 Å². The van der Waals surface area contributed by atoms with Crippen LogP contribution in [0.2, 0.25) is 0 Å². The van der Waals surface area contributed by atoms with Crippen molar-refractivity contribution in [3.05, 3.63) is 29.8 Å². The first-order valence-electron chi connectivity index (χ1n) is 3.45. The maximum Gasteiger partial charge on any atom is 0.123 e. The van der Waals surface area contributed by atoms with Crippen molar-refractivity contribution in [1.29, 1.82) is 0 Å². The first-order valence-corrected chi connectivity index (χ1v) is 3.45. The van der Waals surface area contributed by atoms with Crippen molar-refractivity contribution in [3.63, 3.8) is 0 Å². The van der Waals surface area contributed by atoms with E-state index in [9.17, 15) is 8.96 Å². The molecule has 0 aliphatic rings. The fourth-order valence-corrected chi connectivity index (χ4v) is 0.962. The van der Waals surface area contributed by atoms with Crippen LogP contribution < -0.4 is 4.74 Å². The van der Waals surface area contributed by atoms with E-state index in [-0.39, 0.29) is 0 Å². The molecular weight excluding hydrogens is 164 g/mol. The third-order valence-corrected chi connectivity index (χ3v) is 1.48. The SMILES string of the molecule is COc1ccccc1CN(F)F. The average molecular weight is 173 g/mol. The smallest absolute Gasteiger partial charge is 0.123 e. The summed E-state index contributed by atoms with van der Waals surface area (Å²) in [7, 11) is 1.46. The molecule has 1 aromatic carbocycles. The molecule has 1 aromatic rings. The molecule has 66 valence electrons. The van der Waals surface area contributed by atoms with E-state index in [0.717, 1.165) is 0 Å². The van der Waals surface area contributed by atoms with Gasteiger partial charge in [0.15, 0.2) is 0 Å². The molecule has 0 aromatic heterocycles. The Hall–Kier alpha value is -1.16. The molecule has 0 N–H and O–H groups in total. The van der Waals surface area contributed by atoms with Crippen molar-refractivity contribution in [2.75, 3.05) is 7.11 Å². The number of nitrogens with zero attached hydrogens (tertiary/aromatic N) is 1. The number of rotatable bonds is 3. The molecule has 0 aliphatic heterocycles. The van der Waals surface area contributed by atoms with Gasteiger partial charge in [-0.15, -0.1) is 8.96 Å². The molecule has 0 radical (unpaired) electrons. The summed E-state index contributed by atoms with van der Waals surface area (Å²) >= 11 is 0. The van der Waals surface area contributed by atoms with Crippen molar-refractivity contribution in [2.45, 2.75) is 6.54 Å². The van der Waals surface area contributed by atoms with Crippen molar-refractivity contribution < 1.29 is 13.7 Å². The van der Waals surface area contributed by atoms with Crippen molar-refractivity contribution in [3.8, 4) is 5.75 Å². The molecule has 0 fully saturated rings. The fraction of sp³-hybridized carbons (Fsp3) is 0.250. The zero-order valence-electron chi connectivity index (χ0n) is 6.63. The van der Waals surface area contributed by atoms with Crippen LogP contribution in [0, 0.1) is 0 Å². The molecule has 0 heterocycles. The van der Waals surface area contributed by atoms with Gasteiger partial charge in [-0.25, -0.2) is 0 Å². The molecule has 0 bridgehead atoms. The number of hydrogen-bond acceptors (Lipinski definition) is 2. The lowest BCUT2D eigenvalue weighted by molar-refractivity contribution is -0.161. The molecule has 2 nitrogen and oxygen atoms in total. The van der Waals surface area contributed by atoms with E-state index in [0.29, 0.717) is 11.3 Å². The maximum absolute atomic E-state index is 11.8. The molecule has 1 rings (SSSR count). The van der Waals surface area contributed by atoms with Gasteiger partial charge in [0.2, 0.25) is 0 Å². The standard InChI is InChI=1S/C8H9F2NO/c1-12-8-5-3-2-4-7(8)6-11(9)10/h2-5H,6H2,1H3. The summed E-state index contributed by atoms with van der Waals surface area (Å²) in [5, 5.41) is -0.877. The highest BCUT2D eigenvalue weighted by molar-refractivity contribution is 5.32. The van der Waals surface area contributed by atoms with E-state index in [4.69, 9.17) is 4.74 Å². The Balaban J connectivity index is 2.82. The van der Waals surface area contributed by atoms with Gasteiger partial charge in [0, 0.05) is 10.9 Å². The molecule has 12 heavy (non-hydrogen) atoms. The third kappa shape index (κ3) is 2.17. The summed E-state index contributed by atoms with van der Waals surface area (Å²) in [4.78, 5) is 0. The Morgan fingerprint density at radius 3 is 2.58 bits per heavy atom. The van der Waals surface area contributed by atoms with Crippen LogP contribution in [0.4, 0.5) is 8.96 Å². The van der Waals surface area contributed by atoms with E-state index in [1.807, 2.05) is 0 Å². The summed E-state index contributed by atoms with van der Waals surface area (Å²) < 4.78 is 28.5. The molecule has 0 spiro atoms. The van der Waals surface area contributed by atoms with Gasteiger partial charge < -0.3 is 4.74 Å². The lowest BCUT2D eigenvalue weighted by Crippen LogP contribution is -2.02. The van der Waals surface area contributed by atoms with Crippen molar-refractivity contribution in [2.24, 2.45) is 0 Å². The van der Waals surface area contributed by atoms with E-state index in [2.05, 4.69) is 0 Å². The molecule has 4 heteroatoms. The lowest BCUT2D eigenvalue weighted by atomic mass is 10.2. The minimum Gasteiger partial charge on any atom is -0.496 e. The summed E-state index contributed by atoms with van der Waals surface area (Å²) in [5.74, 6) is 0.484. The third-order valence-electron chi connectivity index (χ3n) is 1.48. The molecule has 0 aliphatic carbocycles. The Bertz CT molecular complexity index is 253. The van der Waals surface area contributed by atoms with E-state index < -0.39 is 11.9 Å². The van der Waals surface area contributed by atoms with E-state index in [1.165, 1.54) is 7.11 Å². The molecule has 0 saturated carbocycles. The zero-order chi connectivity index (χ0) is 8.97. The average Bonchev–Trinajstić information content (AvgIpc) is 2.04. The molecule has 0 saturated heterocycles. The first-order chi connectivity index (χ1) is 5.74. The van der Waals surface area contributed by atoms with Gasteiger partial charge in [0.25, 0.3) is 0 Å². The largest absolute Gasteiger partial charge is 0.496 e. The van der Waals surface area contributed by atoms with Crippen LogP contribution in [0.1, 0.15) is 5.56 Å². The number of hydrogen-bond donors (Lipinski definition) is 0. The summed E-state index contributed by atoms with van der Waals surface area (Å²) in [6.45, 7) is -0.413. The second-order valence-corrected chi connectivity index (χ2v) is 2.27. The number of halogens is 2. The molecule has 0 amide bonds. The minimum atomic E-state index is -0.877. The zero-order valence-corrected chi connectivity index (χ0v) is 6.63. The highest BCUT2D eigenvalue weighted by atomic mass is 19.4. The van der Waals surface area contributed by atoms with Crippen molar-refractivity contribution in [1.82, 2.24) is 5.34 Å². The molecular formula is C8H9F2NO. The Morgan fingerprint density at radius 2 is 2.00 bits per heavy atom. The number of para-hydroxylation sites is 1. The van der Waals surface area contributed by atoms with Crippen LogP contribution in [0.15, 0.2) is 24.3 Å². The molecule has 0 unspecified atom stereocenters. The summed E-state index contributed by atoms with van der Waals surface area (Å²) in [5.41, 5.74) is 0.477. The van der Waals surface area contributed by atoms with Gasteiger partial charge in [-0.05, 0) is 6.07 Å². The van der Waals surface area contributed by atoms with Crippen LogP contribution in [0.25, 0.3) is 0 Å². The summed E-state index contributed by atoms with van der Waals surface area (Å²) in [6, 6.07) is 6.69. The maximum atomic E-state index is 11.8. The highest BCUT2D eigenvalue weighted by Gasteiger charge is 2.06. The second-order valence-electron chi connectivity index (χ2n) is 2.27. The van der Waals surface area contributed by atoms with E-state index in [1.54, 1.807) is 24.3 Å². The van der Waals surface area contributed by atoms with Crippen LogP contribution in [0.3, 0.4) is 0 Å². The number of methoxy groups -OCH3 is 1. The van der Waals surface area contributed by atoms with E-state index >= 15 is 0 Å². The quantitative estimate of drug-likeness (QED) is 0.650. The number of benzene rings is 1. The van der Waals surface area contributed by atoms with Crippen LogP contribution in [0.5, 0.6) is 5.75 Å². The topological polar surface area (TPSA) is 12.5 Å². The predicted octanol–water partition coefficient (Wildman–Crippen LogP) is 2.27. The second kappa shape index (κ2) is 4.01. The monoisotopic (exact) mass is 173 g/mol. The first kappa shape index (κ1) is 8.93. The highest BCUT2D eigenvalue weighted by Crippen LogP contribution is 2.19. The van der Waals surface area contributed by atoms with Crippen molar-refractivity contribution >= 4 is 0 Å². The van der Waals surface area contributed by atoms with Gasteiger partial charge >= 0.3 is 0 Å². The van der Waals surface area contributed by atoms with Gasteiger partial charge in [0.05, 0.1) is 13.7 Å². The fourth-order valence-electron chi connectivity index (χ4n) is 0.962. The Labute approximate surface area is 69.2 Å². The van der Waals surface area contributed by atoms with Crippen LogP contribution >= 0.6 is 0 Å². The van der Waals surface area contributed by atoms with Gasteiger partial charge in [-0.2, -0.15) is 0 Å². The Kier molecular flexibility index (Phi) is 2.99. The Morgan fingerprint density at radius 1 is 1.33 bits per heavy atom. The predicted molar refractivity (Wildman–Crippen MR) is 40.8 cm³/mol. The van der Waals surface area contributed by atoms with Gasteiger partial charge in [-0.3, -0.25) is 0 Å². The number of ether oxygens (including phenoxy) is 1. The molecule has 0 atom stereocenters. The van der Waals surface area contributed by atoms with Gasteiger partial charge in [0.1, 0.15) is 5.75 Å². The normalized spacial score (nSPS) is 10.3. The van der Waals surface area contributed by atoms with Gasteiger partial charge in [-0.1, -0.05) is 18.2 Å². The minimum absolute atomic E-state index is 0.413. The van der Waals surface area contributed by atoms with Crippen LogP contribution in [-0.2, 0) is 6.54 Å². The summed E-state index contributed by atoms with van der Waals surface area (Å²) in [6.07, 6.45) is 0. The lowest BCUT2D eigenvalue weighted by Gasteiger charge is -2.06.